The standard InChI is InChI=1S/C22H33NO4/c1-17(2)10-8-6-4-3-5-7-9-11-18(16-21(25)26)22(27)23-19-12-14-20(24)15-13-19/h9,11-15,17-18,24H,3-8,10,16H2,1-2H3,(H,23,27)(H,25,26). The number of anilines is 1. The van der Waals surface area contributed by atoms with Crippen molar-refractivity contribution < 1.29 is 19.8 Å². The molecule has 0 spiro atoms. The molecule has 0 radical (unpaired) electrons. The summed E-state index contributed by atoms with van der Waals surface area (Å²) >= 11 is 0. The van der Waals surface area contributed by atoms with Crippen LogP contribution in [0.4, 0.5) is 5.69 Å². The molecule has 1 rings (SSSR count). The third-order valence-electron chi connectivity index (χ3n) is 4.39. The first-order valence-corrected chi connectivity index (χ1v) is 9.87. The first kappa shape index (κ1) is 22.7. The van der Waals surface area contributed by atoms with E-state index in [1.807, 2.05) is 6.08 Å². The number of carbonyl (C=O) groups excluding carboxylic acids is 1. The van der Waals surface area contributed by atoms with E-state index in [1.54, 1.807) is 18.2 Å². The number of phenolic OH excluding ortho intramolecular Hbond substituents is 1. The summed E-state index contributed by atoms with van der Waals surface area (Å²) in [5.41, 5.74) is 0.531. The number of phenols is 1. The zero-order chi connectivity index (χ0) is 20.1. The maximum Gasteiger partial charge on any atom is 0.304 e. The Morgan fingerprint density at radius 2 is 1.67 bits per heavy atom. The third kappa shape index (κ3) is 11.1. The predicted octanol–water partition coefficient (Wildman–Crippen LogP) is 5.36. The number of allylic oxidation sites excluding steroid dienone is 1. The minimum Gasteiger partial charge on any atom is -0.508 e. The summed E-state index contributed by atoms with van der Waals surface area (Å²) < 4.78 is 0. The highest BCUT2D eigenvalue weighted by Crippen LogP contribution is 2.17. The molecule has 1 atom stereocenters. The molecule has 1 unspecified atom stereocenters. The summed E-state index contributed by atoms with van der Waals surface area (Å²) in [5, 5.41) is 21.0. The number of unbranched alkanes of at least 4 members (excludes halogenated alkanes) is 5. The minimum atomic E-state index is -1.00. The molecule has 5 heteroatoms. The molecule has 0 fully saturated rings. The van der Waals surface area contributed by atoms with Gasteiger partial charge in [-0.1, -0.05) is 58.1 Å². The van der Waals surface area contributed by atoms with Crippen LogP contribution in [0.5, 0.6) is 5.75 Å². The number of benzene rings is 1. The van der Waals surface area contributed by atoms with Gasteiger partial charge in [0.25, 0.3) is 0 Å². The largest absolute Gasteiger partial charge is 0.508 e. The molecule has 0 aliphatic rings. The second kappa shape index (κ2) is 13.0. The van der Waals surface area contributed by atoms with Crippen LogP contribution in [0.3, 0.4) is 0 Å². The van der Waals surface area contributed by atoms with Gasteiger partial charge >= 0.3 is 5.97 Å². The smallest absolute Gasteiger partial charge is 0.304 e. The van der Waals surface area contributed by atoms with E-state index in [0.717, 1.165) is 25.2 Å². The van der Waals surface area contributed by atoms with Crippen molar-refractivity contribution in [2.45, 2.75) is 65.2 Å². The lowest BCUT2D eigenvalue weighted by Crippen LogP contribution is -2.23. The maximum absolute atomic E-state index is 12.3. The van der Waals surface area contributed by atoms with Crippen molar-refractivity contribution in [2.24, 2.45) is 11.8 Å². The van der Waals surface area contributed by atoms with Crippen LogP contribution in [0.1, 0.15) is 65.2 Å². The fraction of sp³-hybridized carbons (Fsp3) is 0.545. The van der Waals surface area contributed by atoms with E-state index < -0.39 is 11.9 Å². The van der Waals surface area contributed by atoms with Gasteiger partial charge in [0, 0.05) is 5.69 Å². The summed E-state index contributed by atoms with van der Waals surface area (Å²) in [6.07, 6.45) is 11.5. The quantitative estimate of drug-likeness (QED) is 0.246. The van der Waals surface area contributed by atoms with Crippen molar-refractivity contribution in [1.29, 1.82) is 0 Å². The molecule has 3 N–H and O–H groups in total. The van der Waals surface area contributed by atoms with Crippen LogP contribution in [0, 0.1) is 11.8 Å². The fourth-order valence-electron chi connectivity index (χ4n) is 2.82. The van der Waals surface area contributed by atoms with Crippen LogP contribution in [0.25, 0.3) is 0 Å². The van der Waals surface area contributed by atoms with E-state index in [-0.39, 0.29) is 18.1 Å². The van der Waals surface area contributed by atoms with Gasteiger partial charge < -0.3 is 15.5 Å². The highest BCUT2D eigenvalue weighted by Gasteiger charge is 2.19. The van der Waals surface area contributed by atoms with Crippen molar-refractivity contribution in [3.8, 4) is 5.75 Å². The number of carbonyl (C=O) groups is 2. The van der Waals surface area contributed by atoms with Gasteiger partial charge in [0.1, 0.15) is 5.75 Å². The number of carboxylic acids is 1. The Hall–Kier alpha value is -2.30. The average Bonchev–Trinajstić information content (AvgIpc) is 2.60. The maximum atomic E-state index is 12.3. The van der Waals surface area contributed by atoms with Gasteiger partial charge in [-0.3, -0.25) is 9.59 Å². The molecule has 0 saturated heterocycles. The van der Waals surface area contributed by atoms with Gasteiger partial charge in [-0.15, -0.1) is 0 Å². The van der Waals surface area contributed by atoms with E-state index in [2.05, 4.69) is 19.2 Å². The zero-order valence-corrected chi connectivity index (χ0v) is 16.5. The molecular formula is C22H33NO4. The van der Waals surface area contributed by atoms with Crippen molar-refractivity contribution in [1.82, 2.24) is 0 Å². The van der Waals surface area contributed by atoms with Crippen molar-refractivity contribution >= 4 is 17.6 Å². The molecule has 0 aliphatic heterocycles. The number of aliphatic carboxylic acids is 1. The summed E-state index contributed by atoms with van der Waals surface area (Å²) in [6, 6.07) is 6.10. The molecule has 150 valence electrons. The molecule has 0 aromatic heterocycles. The first-order chi connectivity index (χ1) is 12.9. The highest BCUT2D eigenvalue weighted by atomic mass is 16.4. The van der Waals surface area contributed by atoms with Gasteiger partial charge in [0.2, 0.25) is 5.91 Å². The molecule has 0 saturated carbocycles. The minimum absolute atomic E-state index is 0.110. The second-order valence-electron chi connectivity index (χ2n) is 7.41. The molecule has 5 nitrogen and oxygen atoms in total. The lowest BCUT2D eigenvalue weighted by molar-refractivity contribution is -0.139. The van der Waals surface area contributed by atoms with Gasteiger partial charge in [0.05, 0.1) is 12.3 Å². The van der Waals surface area contributed by atoms with Crippen LogP contribution >= 0.6 is 0 Å². The third-order valence-corrected chi connectivity index (χ3v) is 4.39. The molecule has 1 amide bonds. The van der Waals surface area contributed by atoms with Gasteiger partial charge in [-0.2, -0.15) is 0 Å². The summed E-state index contributed by atoms with van der Waals surface area (Å²) in [5.74, 6) is -1.18. The van der Waals surface area contributed by atoms with Crippen LogP contribution in [0.15, 0.2) is 36.4 Å². The van der Waals surface area contributed by atoms with Crippen LogP contribution < -0.4 is 5.32 Å². The van der Waals surface area contributed by atoms with Crippen molar-refractivity contribution in [2.75, 3.05) is 5.32 Å². The van der Waals surface area contributed by atoms with Gasteiger partial charge in [-0.05, 0) is 43.0 Å². The normalized spacial score (nSPS) is 12.4. The van der Waals surface area contributed by atoms with Crippen LogP contribution in [-0.2, 0) is 9.59 Å². The molecule has 1 aromatic rings. The Kier molecular flexibility index (Phi) is 10.9. The van der Waals surface area contributed by atoms with E-state index >= 15 is 0 Å². The average molecular weight is 376 g/mol. The topological polar surface area (TPSA) is 86.6 Å². The van der Waals surface area contributed by atoms with E-state index in [0.29, 0.717) is 5.69 Å². The van der Waals surface area contributed by atoms with Crippen LogP contribution in [0.2, 0.25) is 0 Å². The molecule has 27 heavy (non-hydrogen) atoms. The Bertz CT molecular complexity index is 593. The summed E-state index contributed by atoms with van der Waals surface area (Å²) in [6.45, 7) is 4.49. The van der Waals surface area contributed by atoms with Crippen molar-refractivity contribution in [3.05, 3.63) is 36.4 Å². The highest BCUT2D eigenvalue weighted by molar-refractivity contribution is 5.95. The van der Waals surface area contributed by atoms with Gasteiger partial charge in [0.15, 0.2) is 0 Å². The number of amides is 1. The number of aromatic hydroxyl groups is 1. The van der Waals surface area contributed by atoms with Crippen LogP contribution in [-0.4, -0.2) is 22.1 Å². The lowest BCUT2D eigenvalue weighted by Gasteiger charge is -2.11. The molecule has 1 aromatic carbocycles. The monoisotopic (exact) mass is 375 g/mol. The Morgan fingerprint density at radius 3 is 2.30 bits per heavy atom. The fourth-order valence-corrected chi connectivity index (χ4v) is 2.82. The van der Waals surface area contributed by atoms with Gasteiger partial charge in [-0.25, -0.2) is 0 Å². The number of nitrogens with one attached hydrogen (secondary N) is 1. The predicted molar refractivity (Wildman–Crippen MR) is 109 cm³/mol. The Labute approximate surface area is 162 Å². The molecular weight excluding hydrogens is 342 g/mol. The summed E-state index contributed by atoms with van der Waals surface area (Å²) in [4.78, 5) is 23.4. The number of carboxylic acid groups (broad SMARTS) is 1. The van der Waals surface area contributed by atoms with Crippen molar-refractivity contribution in [3.63, 3.8) is 0 Å². The number of hydrogen-bond donors (Lipinski definition) is 3. The summed E-state index contributed by atoms with van der Waals surface area (Å²) in [7, 11) is 0. The Morgan fingerprint density at radius 1 is 1.04 bits per heavy atom. The number of rotatable bonds is 13. The number of hydrogen-bond acceptors (Lipinski definition) is 3. The Balaban J connectivity index is 2.37. The molecule has 0 bridgehead atoms. The second-order valence-corrected chi connectivity index (χ2v) is 7.41. The lowest BCUT2D eigenvalue weighted by atomic mass is 10.0. The van der Waals surface area contributed by atoms with E-state index in [9.17, 15) is 14.7 Å². The molecule has 0 heterocycles. The first-order valence-electron chi connectivity index (χ1n) is 9.87. The SMILES string of the molecule is CC(C)CCCCCCCC=CC(CC(=O)O)C(=O)Nc1ccc(O)cc1. The van der Waals surface area contributed by atoms with E-state index in [1.165, 1.54) is 37.8 Å². The van der Waals surface area contributed by atoms with E-state index in [4.69, 9.17) is 5.11 Å². The zero-order valence-electron chi connectivity index (χ0n) is 16.5. The molecule has 0 aliphatic carbocycles.